The zero-order valence-corrected chi connectivity index (χ0v) is 11.7. The number of benzene rings is 1. The van der Waals surface area contributed by atoms with E-state index in [1.807, 2.05) is 0 Å². The van der Waals surface area contributed by atoms with Gasteiger partial charge in [0.25, 0.3) is 0 Å². The number of halogens is 3. The van der Waals surface area contributed by atoms with Crippen molar-refractivity contribution in [2.75, 3.05) is 0 Å². The van der Waals surface area contributed by atoms with E-state index in [1.165, 1.54) is 23.5 Å². The Hall–Kier alpha value is -0.710. The summed E-state index contributed by atoms with van der Waals surface area (Å²) in [6.07, 6.45) is 0.171. The van der Waals surface area contributed by atoms with Gasteiger partial charge < -0.3 is 0 Å². The zero-order chi connectivity index (χ0) is 12.4. The van der Waals surface area contributed by atoms with E-state index in [2.05, 4.69) is 15.9 Å². The highest BCUT2D eigenvalue weighted by molar-refractivity contribution is 9.10. The van der Waals surface area contributed by atoms with Gasteiger partial charge in [-0.25, -0.2) is 4.39 Å². The molecule has 0 saturated heterocycles. The van der Waals surface area contributed by atoms with E-state index in [0.717, 1.165) is 4.88 Å². The zero-order valence-electron chi connectivity index (χ0n) is 8.54. The molecule has 0 fully saturated rings. The average molecular weight is 334 g/mol. The molecule has 0 atom stereocenters. The SMILES string of the molecule is O=C(Cc1ccc(Cl)s1)c1cc(Br)ccc1F. The summed E-state index contributed by atoms with van der Waals surface area (Å²) < 4.78 is 14.8. The molecule has 0 N–H and O–H groups in total. The lowest BCUT2D eigenvalue weighted by Gasteiger charge is -2.02. The molecule has 1 nitrogen and oxygen atoms in total. The molecular weight excluding hydrogens is 327 g/mol. The van der Waals surface area contributed by atoms with Crippen LogP contribution in [0, 0.1) is 5.82 Å². The molecule has 0 aliphatic heterocycles. The second-order valence-electron chi connectivity index (χ2n) is 3.43. The fraction of sp³-hybridized carbons (Fsp3) is 0.0833. The van der Waals surface area contributed by atoms with Crippen molar-refractivity contribution < 1.29 is 9.18 Å². The first-order valence-corrected chi connectivity index (χ1v) is 6.77. The smallest absolute Gasteiger partial charge is 0.171 e. The molecule has 88 valence electrons. The molecule has 0 aliphatic carbocycles. The van der Waals surface area contributed by atoms with Crippen molar-refractivity contribution in [1.29, 1.82) is 0 Å². The van der Waals surface area contributed by atoms with Crippen LogP contribution in [0.3, 0.4) is 0 Å². The van der Waals surface area contributed by atoms with Crippen LogP contribution >= 0.6 is 38.9 Å². The van der Waals surface area contributed by atoms with Gasteiger partial charge in [0.2, 0.25) is 0 Å². The molecule has 0 saturated carbocycles. The molecule has 1 heterocycles. The van der Waals surface area contributed by atoms with E-state index in [1.54, 1.807) is 18.2 Å². The molecule has 5 heteroatoms. The van der Waals surface area contributed by atoms with Crippen molar-refractivity contribution in [1.82, 2.24) is 0 Å². The van der Waals surface area contributed by atoms with Crippen LogP contribution in [-0.2, 0) is 6.42 Å². The summed E-state index contributed by atoms with van der Waals surface area (Å²) in [4.78, 5) is 12.7. The van der Waals surface area contributed by atoms with Crippen molar-refractivity contribution in [3.63, 3.8) is 0 Å². The maximum absolute atomic E-state index is 13.5. The lowest BCUT2D eigenvalue weighted by Crippen LogP contribution is -2.05. The van der Waals surface area contributed by atoms with Gasteiger partial charge in [0.15, 0.2) is 5.78 Å². The molecule has 0 radical (unpaired) electrons. The molecule has 0 bridgehead atoms. The lowest BCUT2D eigenvalue weighted by atomic mass is 10.1. The summed E-state index contributed by atoms with van der Waals surface area (Å²) in [5, 5.41) is 0. The summed E-state index contributed by atoms with van der Waals surface area (Å²) >= 11 is 10.3. The van der Waals surface area contributed by atoms with Crippen molar-refractivity contribution in [3.05, 3.63) is 55.4 Å². The summed E-state index contributed by atoms with van der Waals surface area (Å²) in [6.45, 7) is 0. The van der Waals surface area contributed by atoms with Gasteiger partial charge in [-0.05, 0) is 30.3 Å². The number of carbonyl (C=O) groups excluding carboxylic acids is 1. The Kier molecular flexibility index (Phi) is 3.97. The van der Waals surface area contributed by atoms with Gasteiger partial charge in [-0.3, -0.25) is 4.79 Å². The first kappa shape index (κ1) is 12.7. The van der Waals surface area contributed by atoms with Crippen molar-refractivity contribution >= 4 is 44.7 Å². The van der Waals surface area contributed by atoms with Gasteiger partial charge in [0, 0.05) is 15.8 Å². The van der Waals surface area contributed by atoms with Gasteiger partial charge in [0.05, 0.1) is 9.90 Å². The highest BCUT2D eigenvalue weighted by Gasteiger charge is 2.13. The Morgan fingerprint density at radius 3 is 2.76 bits per heavy atom. The summed E-state index contributed by atoms with van der Waals surface area (Å²) in [7, 11) is 0. The third-order valence-electron chi connectivity index (χ3n) is 2.19. The van der Waals surface area contributed by atoms with Crippen LogP contribution in [-0.4, -0.2) is 5.78 Å². The number of ketones is 1. The molecule has 0 unspecified atom stereocenters. The van der Waals surface area contributed by atoms with Gasteiger partial charge in [-0.1, -0.05) is 27.5 Å². The molecule has 1 aromatic carbocycles. The van der Waals surface area contributed by atoms with E-state index in [0.29, 0.717) is 8.81 Å². The Morgan fingerprint density at radius 1 is 1.35 bits per heavy atom. The van der Waals surface area contributed by atoms with Gasteiger partial charge >= 0.3 is 0 Å². The van der Waals surface area contributed by atoms with E-state index >= 15 is 0 Å². The normalized spacial score (nSPS) is 10.5. The lowest BCUT2D eigenvalue weighted by molar-refractivity contribution is 0.0990. The largest absolute Gasteiger partial charge is 0.294 e. The molecule has 0 aliphatic rings. The maximum Gasteiger partial charge on any atom is 0.171 e. The predicted molar refractivity (Wildman–Crippen MR) is 71.5 cm³/mol. The first-order valence-electron chi connectivity index (χ1n) is 4.79. The van der Waals surface area contributed by atoms with Crippen LogP contribution < -0.4 is 0 Å². The molecule has 0 spiro atoms. The highest BCUT2D eigenvalue weighted by atomic mass is 79.9. The Balaban J connectivity index is 2.22. The number of carbonyl (C=O) groups is 1. The van der Waals surface area contributed by atoms with Gasteiger partial charge in [-0.2, -0.15) is 0 Å². The standard InChI is InChI=1S/C12H7BrClFOS/c13-7-1-3-10(15)9(5-7)11(16)6-8-2-4-12(14)17-8/h1-5H,6H2. The minimum atomic E-state index is -0.499. The molecule has 0 amide bonds. The first-order chi connectivity index (χ1) is 8.06. The fourth-order valence-corrected chi connectivity index (χ4v) is 2.86. The van der Waals surface area contributed by atoms with Crippen LogP contribution in [0.5, 0.6) is 0 Å². The van der Waals surface area contributed by atoms with E-state index in [4.69, 9.17) is 11.6 Å². The third-order valence-corrected chi connectivity index (χ3v) is 3.92. The Morgan fingerprint density at radius 2 is 2.12 bits per heavy atom. The fourth-order valence-electron chi connectivity index (χ4n) is 1.41. The van der Waals surface area contributed by atoms with Crippen molar-refractivity contribution in [2.24, 2.45) is 0 Å². The number of rotatable bonds is 3. The van der Waals surface area contributed by atoms with Crippen molar-refractivity contribution in [3.8, 4) is 0 Å². The molecule has 1 aromatic heterocycles. The molecular formula is C12H7BrClFOS. The van der Waals surface area contributed by atoms with Crippen LogP contribution in [0.1, 0.15) is 15.2 Å². The summed E-state index contributed by atoms with van der Waals surface area (Å²) in [5.41, 5.74) is 0.101. The summed E-state index contributed by atoms with van der Waals surface area (Å²) in [6, 6.07) is 7.84. The van der Waals surface area contributed by atoms with E-state index < -0.39 is 5.82 Å². The molecule has 2 rings (SSSR count). The Bertz CT molecular complexity index is 567. The monoisotopic (exact) mass is 332 g/mol. The van der Waals surface area contributed by atoms with E-state index in [-0.39, 0.29) is 17.8 Å². The van der Waals surface area contributed by atoms with E-state index in [9.17, 15) is 9.18 Å². The maximum atomic E-state index is 13.5. The quantitative estimate of drug-likeness (QED) is 0.742. The summed E-state index contributed by atoms with van der Waals surface area (Å²) in [5.74, 6) is -0.747. The number of hydrogen-bond donors (Lipinski definition) is 0. The van der Waals surface area contributed by atoms with Gasteiger partial charge in [0.1, 0.15) is 5.82 Å². The number of Topliss-reactive ketones (excluding diaryl/α,β-unsaturated/α-hetero) is 1. The van der Waals surface area contributed by atoms with Crippen LogP contribution in [0.4, 0.5) is 4.39 Å². The van der Waals surface area contributed by atoms with Crippen molar-refractivity contribution in [2.45, 2.75) is 6.42 Å². The van der Waals surface area contributed by atoms with Gasteiger partial charge in [-0.15, -0.1) is 11.3 Å². The Labute approximate surface area is 115 Å². The van der Waals surface area contributed by atoms with Crippen LogP contribution in [0.25, 0.3) is 0 Å². The highest BCUT2D eigenvalue weighted by Crippen LogP contribution is 2.24. The second kappa shape index (κ2) is 5.29. The predicted octanol–water partition coefficient (Wildman–Crippen LogP) is 4.73. The molecule has 17 heavy (non-hydrogen) atoms. The molecule has 2 aromatic rings. The topological polar surface area (TPSA) is 17.1 Å². The third kappa shape index (κ3) is 3.15. The van der Waals surface area contributed by atoms with Crippen LogP contribution in [0.15, 0.2) is 34.8 Å². The minimum absolute atomic E-state index is 0.101. The minimum Gasteiger partial charge on any atom is -0.294 e. The van der Waals surface area contributed by atoms with Crippen LogP contribution in [0.2, 0.25) is 4.34 Å². The second-order valence-corrected chi connectivity index (χ2v) is 6.15. The average Bonchev–Trinajstić information content (AvgIpc) is 2.67. The number of hydrogen-bond acceptors (Lipinski definition) is 2. The number of thiophene rings is 1.